The lowest BCUT2D eigenvalue weighted by molar-refractivity contribution is -0.134. The minimum absolute atomic E-state index is 0.0101. The third-order valence-electron chi connectivity index (χ3n) is 4.92. The molecule has 1 saturated heterocycles. The number of urea groups is 1. The van der Waals surface area contributed by atoms with Crippen LogP contribution in [0, 0.1) is 5.92 Å². The predicted octanol–water partition coefficient (Wildman–Crippen LogP) is 2.80. The van der Waals surface area contributed by atoms with Crippen LogP contribution >= 0.6 is 0 Å². The lowest BCUT2D eigenvalue weighted by Gasteiger charge is -2.32. The van der Waals surface area contributed by atoms with E-state index in [1.54, 1.807) is 0 Å². The number of nitrogens with one attached hydrogen (secondary N) is 2. The van der Waals surface area contributed by atoms with Gasteiger partial charge in [-0.3, -0.25) is 4.79 Å². The maximum absolute atomic E-state index is 12.3. The van der Waals surface area contributed by atoms with Crippen molar-refractivity contribution < 1.29 is 14.3 Å². The van der Waals surface area contributed by atoms with Gasteiger partial charge < -0.3 is 20.3 Å². The van der Waals surface area contributed by atoms with Crippen LogP contribution in [0.1, 0.15) is 18.4 Å². The van der Waals surface area contributed by atoms with Crippen LogP contribution < -0.4 is 15.4 Å². The molecule has 6 nitrogen and oxygen atoms in total. The molecule has 0 saturated carbocycles. The molecule has 0 aliphatic carbocycles. The molecule has 2 aromatic rings. The van der Waals surface area contributed by atoms with Crippen molar-refractivity contribution in [2.24, 2.45) is 5.92 Å². The van der Waals surface area contributed by atoms with E-state index in [4.69, 9.17) is 4.74 Å². The summed E-state index contributed by atoms with van der Waals surface area (Å²) in [4.78, 5) is 26.1. The van der Waals surface area contributed by atoms with Gasteiger partial charge in [0, 0.05) is 26.2 Å². The minimum Gasteiger partial charge on any atom is -0.484 e. The molecule has 0 atom stereocenters. The van der Waals surface area contributed by atoms with E-state index < -0.39 is 0 Å². The van der Waals surface area contributed by atoms with E-state index in [9.17, 15) is 9.59 Å². The quantitative estimate of drug-likeness (QED) is 0.775. The average molecular weight is 381 g/mol. The van der Waals surface area contributed by atoms with Gasteiger partial charge >= 0.3 is 6.03 Å². The maximum Gasteiger partial charge on any atom is 0.315 e. The smallest absolute Gasteiger partial charge is 0.315 e. The molecule has 3 amide bonds. The van der Waals surface area contributed by atoms with Gasteiger partial charge in [0.15, 0.2) is 6.61 Å². The van der Waals surface area contributed by atoms with Crippen molar-refractivity contribution in [1.29, 1.82) is 0 Å². The van der Waals surface area contributed by atoms with Gasteiger partial charge in [-0.15, -0.1) is 0 Å². The molecule has 148 valence electrons. The second kappa shape index (κ2) is 10.3. The van der Waals surface area contributed by atoms with E-state index in [1.807, 2.05) is 65.6 Å². The number of carbonyl (C=O) groups excluding carboxylic acids is 2. The zero-order chi connectivity index (χ0) is 19.6. The highest BCUT2D eigenvalue weighted by molar-refractivity contribution is 5.78. The normalized spacial score (nSPS) is 14.4. The highest BCUT2D eigenvalue weighted by Crippen LogP contribution is 2.17. The average Bonchev–Trinajstić information content (AvgIpc) is 2.76. The third kappa shape index (κ3) is 6.30. The van der Waals surface area contributed by atoms with Crippen molar-refractivity contribution in [3.63, 3.8) is 0 Å². The van der Waals surface area contributed by atoms with Crippen molar-refractivity contribution in [2.45, 2.75) is 19.4 Å². The van der Waals surface area contributed by atoms with Gasteiger partial charge in [-0.05, 0) is 36.5 Å². The molecular formula is C22H27N3O3. The Bertz CT molecular complexity index is 744. The summed E-state index contributed by atoms with van der Waals surface area (Å²) in [6, 6.07) is 19.0. The Morgan fingerprint density at radius 2 is 1.57 bits per heavy atom. The Morgan fingerprint density at radius 1 is 0.929 bits per heavy atom. The van der Waals surface area contributed by atoms with Crippen molar-refractivity contribution in [2.75, 3.05) is 26.2 Å². The summed E-state index contributed by atoms with van der Waals surface area (Å²) in [6.07, 6.45) is 1.77. The zero-order valence-electron chi connectivity index (χ0n) is 16.0. The minimum atomic E-state index is -0.154. The van der Waals surface area contributed by atoms with E-state index in [0.29, 0.717) is 37.8 Å². The van der Waals surface area contributed by atoms with Crippen molar-refractivity contribution in [1.82, 2.24) is 15.5 Å². The number of carbonyl (C=O) groups is 2. The van der Waals surface area contributed by atoms with Crippen molar-refractivity contribution >= 4 is 11.9 Å². The molecule has 0 radical (unpaired) electrons. The Balaban J connectivity index is 1.30. The summed E-state index contributed by atoms with van der Waals surface area (Å²) in [5.41, 5.74) is 1.07. The lowest BCUT2D eigenvalue weighted by atomic mass is 9.97. The molecule has 1 heterocycles. The first-order valence-corrected chi connectivity index (χ1v) is 9.72. The van der Waals surface area contributed by atoms with E-state index in [1.165, 1.54) is 0 Å². The molecule has 0 spiro atoms. The van der Waals surface area contributed by atoms with Crippen LogP contribution in [0.4, 0.5) is 4.79 Å². The second-order valence-electron chi connectivity index (χ2n) is 6.98. The van der Waals surface area contributed by atoms with Gasteiger partial charge in [0.2, 0.25) is 0 Å². The zero-order valence-corrected chi connectivity index (χ0v) is 16.0. The van der Waals surface area contributed by atoms with Crippen LogP contribution in [0.2, 0.25) is 0 Å². The Kier molecular flexibility index (Phi) is 7.29. The summed E-state index contributed by atoms with van der Waals surface area (Å²) in [6.45, 7) is 2.61. The Morgan fingerprint density at radius 3 is 2.25 bits per heavy atom. The first-order chi connectivity index (χ1) is 13.7. The van der Waals surface area contributed by atoms with E-state index in [0.717, 1.165) is 18.4 Å². The number of benzene rings is 2. The molecule has 2 N–H and O–H groups in total. The van der Waals surface area contributed by atoms with Crippen LogP contribution in [0.5, 0.6) is 5.75 Å². The van der Waals surface area contributed by atoms with E-state index >= 15 is 0 Å². The molecule has 1 fully saturated rings. The molecule has 28 heavy (non-hydrogen) atoms. The summed E-state index contributed by atoms with van der Waals surface area (Å²) in [7, 11) is 0. The van der Waals surface area contributed by atoms with Crippen LogP contribution in [-0.4, -0.2) is 43.1 Å². The first-order valence-electron chi connectivity index (χ1n) is 9.72. The molecule has 0 unspecified atom stereocenters. The highest BCUT2D eigenvalue weighted by atomic mass is 16.5. The highest BCUT2D eigenvalue weighted by Gasteiger charge is 2.23. The van der Waals surface area contributed by atoms with E-state index in [-0.39, 0.29) is 18.5 Å². The van der Waals surface area contributed by atoms with Gasteiger partial charge in [-0.25, -0.2) is 4.79 Å². The monoisotopic (exact) mass is 381 g/mol. The molecule has 1 aliphatic rings. The standard InChI is InChI=1S/C22H27N3O3/c26-21(17-28-20-9-5-2-6-10-20)25-13-11-19(12-14-25)16-24-22(27)23-15-18-7-3-1-4-8-18/h1-10,19H,11-17H2,(H2,23,24,27). The van der Waals surface area contributed by atoms with Gasteiger partial charge in [0.05, 0.1) is 0 Å². The fraction of sp³-hybridized carbons (Fsp3) is 0.364. The van der Waals surface area contributed by atoms with Crippen LogP contribution in [0.25, 0.3) is 0 Å². The number of amides is 3. The molecule has 0 bridgehead atoms. The largest absolute Gasteiger partial charge is 0.484 e. The number of piperidine rings is 1. The molecule has 0 aromatic heterocycles. The third-order valence-corrected chi connectivity index (χ3v) is 4.92. The fourth-order valence-corrected chi connectivity index (χ4v) is 3.22. The SMILES string of the molecule is O=C(NCc1ccccc1)NCC1CCN(C(=O)COc2ccccc2)CC1. The first kappa shape index (κ1) is 19.7. The molecular weight excluding hydrogens is 354 g/mol. The Labute approximate surface area is 165 Å². The summed E-state index contributed by atoms with van der Waals surface area (Å²) in [5, 5.41) is 5.80. The van der Waals surface area contributed by atoms with Gasteiger partial charge in [0.1, 0.15) is 5.75 Å². The molecule has 2 aromatic carbocycles. The molecule has 3 rings (SSSR count). The number of hydrogen-bond donors (Lipinski definition) is 2. The van der Waals surface area contributed by atoms with Gasteiger partial charge in [0.25, 0.3) is 5.91 Å². The summed E-state index contributed by atoms with van der Waals surface area (Å²) < 4.78 is 5.53. The maximum atomic E-state index is 12.3. The van der Waals surface area contributed by atoms with Crippen molar-refractivity contribution in [3.05, 3.63) is 66.2 Å². The summed E-state index contributed by atoms with van der Waals surface area (Å²) in [5.74, 6) is 1.11. The van der Waals surface area contributed by atoms with Crippen LogP contribution in [0.15, 0.2) is 60.7 Å². The molecule has 6 heteroatoms. The number of likely N-dealkylation sites (tertiary alicyclic amines) is 1. The second-order valence-corrected chi connectivity index (χ2v) is 6.98. The number of ether oxygens (including phenoxy) is 1. The molecule has 1 aliphatic heterocycles. The van der Waals surface area contributed by atoms with Crippen molar-refractivity contribution in [3.8, 4) is 5.75 Å². The lowest BCUT2D eigenvalue weighted by Crippen LogP contribution is -2.44. The number of nitrogens with zero attached hydrogens (tertiary/aromatic N) is 1. The van der Waals surface area contributed by atoms with Gasteiger partial charge in [-0.1, -0.05) is 48.5 Å². The van der Waals surface area contributed by atoms with Crippen LogP contribution in [0.3, 0.4) is 0 Å². The summed E-state index contributed by atoms with van der Waals surface area (Å²) >= 11 is 0. The van der Waals surface area contributed by atoms with Crippen LogP contribution in [-0.2, 0) is 11.3 Å². The fourth-order valence-electron chi connectivity index (χ4n) is 3.22. The number of rotatable bonds is 7. The van der Waals surface area contributed by atoms with E-state index in [2.05, 4.69) is 10.6 Å². The van der Waals surface area contributed by atoms with Gasteiger partial charge in [-0.2, -0.15) is 0 Å². The Hall–Kier alpha value is -3.02. The topological polar surface area (TPSA) is 70.7 Å². The number of para-hydroxylation sites is 1. The number of hydrogen-bond acceptors (Lipinski definition) is 3. The predicted molar refractivity (Wildman–Crippen MR) is 108 cm³/mol.